The number of anilines is 1. The molecule has 3 aromatic heterocycles. The monoisotopic (exact) mass is 317 g/mol. The Morgan fingerprint density at radius 2 is 2.09 bits per heavy atom. The summed E-state index contributed by atoms with van der Waals surface area (Å²) in [6.45, 7) is 2.16. The minimum absolute atomic E-state index is 0.256. The molecular weight excluding hydrogens is 304 g/mol. The second-order valence-electron chi connectivity index (χ2n) is 5.14. The van der Waals surface area contributed by atoms with E-state index < -0.39 is 5.92 Å². The molecule has 0 atom stereocenters. The van der Waals surface area contributed by atoms with E-state index in [4.69, 9.17) is 0 Å². The summed E-state index contributed by atoms with van der Waals surface area (Å²) in [5.41, 5.74) is 0.266. The molecule has 1 N–H and O–H groups in total. The molecule has 0 saturated heterocycles. The van der Waals surface area contributed by atoms with Gasteiger partial charge in [0.05, 0.1) is 11.7 Å². The van der Waals surface area contributed by atoms with Crippen molar-refractivity contribution in [2.24, 2.45) is 0 Å². The van der Waals surface area contributed by atoms with Crippen LogP contribution in [0.5, 0.6) is 0 Å². The van der Waals surface area contributed by atoms with Gasteiger partial charge in [0, 0.05) is 31.5 Å². The van der Waals surface area contributed by atoms with Crippen molar-refractivity contribution >= 4 is 22.6 Å². The molecular formula is C15H13F2N5O. The van der Waals surface area contributed by atoms with Crippen LogP contribution in [0.3, 0.4) is 0 Å². The Morgan fingerprint density at radius 3 is 2.78 bits per heavy atom. The Labute approximate surface area is 130 Å². The molecule has 6 nitrogen and oxygen atoms in total. The van der Waals surface area contributed by atoms with Gasteiger partial charge in [-0.2, -0.15) is 13.9 Å². The van der Waals surface area contributed by atoms with Crippen molar-refractivity contribution in [3.05, 3.63) is 42.4 Å². The maximum absolute atomic E-state index is 13.4. The Kier molecular flexibility index (Phi) is 3.51. The van der Waals surface area contributed by atoms with Crippen LogP contribution in [0.25, 0.3) is 16.7 Å². The summed E-state index contributed by atoms with van der Waals surface area (Å²) in [5.74, 6) is -2.68. The number of halogens is 2. The average Bonchev–Trinajstić information content (AvgIpc) is 2.89. The number of nitrogens with one attached hydrogen (secondary N) is 1. The van der Waals surface area contributed by atoms with Crippen LogP contribution >= 0.6 is 0 Å². The summed E-state index contributed by atoms with van der Waals surface area (Å²) in [7, 11) is 0. The van der Waals surface area contributed by atoms with Gasteiger partial charge in [-0.15, -0.1) is 0 Å². The molecule has 3 rings (SSSR count). The molecule has 3 aromatic rings. The first kappa shape index (κ1) is 15.0. The third-order valence-corrected chi connectivity index (χ3v) is 3.16. The van der Waals surface area contributed by atoms with Crippen molar-refractivity contribution < 1.29 is 13.6 Å². The number of pyridine rings is 2. The number of carbonyl (C=O) groups is 1. The van der Waals surface area contributed by atoms with E-state index in [2.05, 4.69) is 20.4 Å². The van der Waals surface area contributed by atoms with Crippen molar-refractivity contribution in [2.75, 3.05) is 5.32 Å². The first-order valence-electron chi connectivity index (χ1n) is 6.82. The molecule has 23 heavy (non-hydrogen) atoms. The minimum atomic E-state index is -3.04. The van der Waals surface area contributed by atoms with E-state index in [1.165, 1.54) is 23.7 Å². The van der Waals surface area contributed by atoms with Crippen LogP contribution in [-0.2, 0) is 10.7 Å². The van der Waals surface area contributed by atoms with Crippen LogP contribution in [0.2, 0.25) is 0 Å². The van der Waals surface area contributed by atoms with Gasteiger partial charge in [-0.3, -0.25) is 4.79 Å². The summed E-state index contributed by atoms with van der Waals surface area (Å²) in [5, 5.41) is 7.44. The van der Waals surface area contributed by atoms with Crippen LogP contribution in [0.4, 0.5) is 14.6 Å². The number of hydrogen-bond acceptors (Lipinski definition) is 4. The molecule has 0 unspecified atom stereocenters. The number of carbonyl (C=O) groups excluding carboxylic acids is 1. The summed E-state index contributed by atoms with van der Waals surface area (Å²) in [4.78, 5) is 19.2. The van der Waals surface area contributed by atoms with Gasteiger partial charge in [0.15, 0.2) is 5.82 Å². The molecule has 118 valence electrons. The zero-order valence-electron chi connectivity index (χ0n) is 12.4. The Balaban J connectivity index is 2.11. The van der Waals surface area contributed by atoms with Crippen LogP contribution in [0.15, 0.2) is 36.7 Å². The highest BCUT2D eigenvalue weighted by Gasteiger charge is 2.26. The number of rotatable bonds is 3. The average molecular weight is 317 g/mol. The van der Waals surface area contributed by atoms with E-state index >= 15 is 0 Å². The van der Waals surface area contributed by atoms with Crippen molar-refractivity contribution in [3.63, 3.8) is 0 Å². The van der Waals surface area contributed by atoms with E-state index in [9.17, 15) is 13.6 Å². The number of alkyl halides is 2. The van der Waals surface area contributed by atoms with Gasteiger partial charge in [0.1, 0.15) is 11.5 Å². The number of hydrogen-bond donors (Lipinski definition) is 1. The van der Waals surface area contributed by atoms with Gasteiger partial charge in [-0.25, -0.2) is 14.6 Å². The maximum Gasteiger partial charge on any atom is 0.287 e. The molecule has 0 saturated carbocycles. The van der Waals surface area contributed by atoms with Crippen LogP contribution < -0.4 is 5.32 Å². The van der Waals surface area contributed by atoms with Crippen LogP contribution in [-0.4, -0.2) is 25.7 Å². The van der Waals surface area contributed by atoms with E-state index in [-0.39, 0.29) is 17.4 Å². The van der Waals surface area contributed by atoms with Gasteiger partial charge < -0.3 is 5.32 Å². The lowest BCUT2D eigenvalue weighted by molar-refractivity contribution is -0.114. The van der Waals surface area contributed by atoms with E-state index in [1.807, 2.05) is 0 Å². The molecule has 0 fully saturated rings. The highest BCUT2D eigenvalue weighted by Crippen LogP contribution is 2.26. The van der Waals surface area contributed by atoms with Crippen LogP contribution in [0.1, 0.15) is 19.5 Å². The molecule has 0 aromatic carbocycles. The Morgan fingerprint density at radius 1 is 1.30 bits per heavy atom. The normalized spacial score (nSPS) is 11.7. The molecule has 0 bridgehead atoms. The van der Waals surface area contributed by atoms with E-state index in [1.54, 1.807) is 24.5 Å². The van der Waals surface area contributed by atoms with Gasteiger partial charge in [-0.05, 0) is 12.1 Å². The zero-order chi connectivity index (χ0) is 16.6. The molecule has 0 spiro atoms. The van der Waals surface area contributed by atoms with Crippen molar-refractivity contribution in [1.82, 2.24) is 19.7 Å². The lowest BCUT2D eigenvalue weighted by atomic mass is 10.2. The molecule has 1 amide bonds. The van der Waals surface area contributed by atoms with Gasteiger partial charge in [0.2, 0.25) is 5.91 Å². The highest BCUT2D eigenvalue weighted by atomic mass is 19.3. The highest BCUT2D eigenvalue weighted by molar-refractivity contribution is 5.90. The topological polar surface area (TPSA) is 72.7 Å². The first-order valence-corrected chi connectivity index (χ1v) is 6.82. The second kappa shape index (κ2) is 5.38. The molecule has 3 heterocycles. The fourth-order valence-corrected chi connectivity index (χ4v) is 2.14. The van der Waals surface area contributed by atoms with E-state index in [0.717, 1.165) is 6.92 Å². The zero-order valence-corrected chi connectivity index (χ0v) is 12.4. The van der Waals surface area contributed by atoms with Gasteiger partial charge >= 0.3 is 0 Å². The maximum atomic E-state index is 13.4. The largest absolute Gasteiger partial charge is 0.311 e. The van der Waals surface area contributed by atoms with Crippen molar-refractivity contribution in [2.45, 2.75) is 19.8 Å². The fraction of sp³-hybridized carbons (Fsp3) is 0.200. The Bertz CT molecular complexity index is 885. The summed E-state index contributed by atoms with van der Waals surface area (Å²) in [6.07, 6.45) is 3.10. The van der Waals surface area contributed by atoms with Crippen molar-refractivity contribution in [1.29, 1.82) is 0 Å². The Hall–Kier alpha value is -2.90. The lowest BCUT2D eigenvalue weighted by Gasteiger charge is -2.11. The fourth-order valence-electron chi connectivity index (χ4n) is 2.14. The van der Waals surface area contributed by atoms with Gasteiger partial charge in [0.25, 0.3) is 5.92 Å². The predicted octanol–water partition coefficient (Wildman–Crippen LogP) is 2.89. The SMILES string of the molecule is CC(=O)Nc1cc2c(cn1)cnn2-c1cccc(C(C)(F)F)n1. The summed E-state index contributed by atoms with van der Waals surface area (Å²) >= 11 is 0. The third-order valence-electron chi connectivity index (χ3n) is 3.16. The number of aromatic nitrogens is 4. The minimum Gasteiger partial charge on any atom is -0.311 e. The second-order valence-corrected chi connectivity index (χ2v) is 5.14. The van der Waals surface area contributed by atoms with E-state index in [0.29, 0.717) is 16.7 Å². The number of nitrogens with zero attached hydrogens (tertiary/aromatic N) is 4. The third kappa shape index (κ3) is 3.01. The lowest BCUT2D eigenvalue weighted by Crippen LogP contribution is -2.12. The number of fused-ring (bicyclic) bond motifs is 1. The van der Waals surface area contributed by atoms with Crippen molar-refractivity contribution in [3.8, 4) is 5.82 Å². The smallest absolute Gasteiger partial charge is 0.287 e. The predicted molar refractivity (Wildman–Crippen MR) is 80.5 cm³/mol. The van der Waals surface area contributed by atoms with Crippen LogP contribution in [0, 0.1) is 0 Å². The standard InChI is InChI=1S/C15H13F2N5O/c1-9(23)20-13-6-11-10(7-18-13)8-19-22(11)14-5-3-4-12(21-14)15(2,16)17/h3-8H,1-2H3,(H,18,20,23). The molecule has 0 aliphatic carbocycles. The first-order chi connectivity index (χ1) is 10.8. The summed E-state index contributed by atoms with van der Waals surface area (Å²) < 4.78 is 28.3. The quantitative estimate of drug-likeness (QED) is 0.806. The molecule has 0 aliphatic heterocycles. The number of amides is 1. The molecule has 0 aliphatic rings. The molecule has 0 radical (unpaired) electrons. The summed E-state index contributed by atoms with van der Waals surface area (Å²) in [6, 6.07) is 5.96. The molecule has 8 heteroatoms. The van der Waals surface area contributed by atoms with Gasteiger partial charge in [-0.1, -0.05) is 6.07 Å².